The topological polar surface area (TPSA) is 85.8 Å². The quantitative estimate of drug-likeness (QED) is 0.657. The van der Waals surface area contributed by atoms with Gasteiger partial charge in [-0.15, -0.1) is 0 Å². The first-order valence-electron chi connectivity index (χ1n) is 7.56. The van der Waals surface area contributed by atoms with Crippen LogP contribution in [0.5, 0.6) is 5.75 Å². The van der Waals surface area contributed by atoms with Crippen molar-refractivity contribution < 1.29 is 32.2 Å². The van der Waals surface area contributed by atoms with Gasteiger partial charge in [-0.3, -0.25) is 9.20 Å². The molecule has 0 aliphatic heterocycles. The number of hydrogen-bond acceptors (Lipinski definition) is 4. The minimum Gasteiger partial charge on any atom is -0.479 e. The smallest absolute Gasteiger partial charge is 0.432 e. The van der Waals surface area contributed by atoms with E-state index in [4.69, 9.17) is 21.4 Å². The lowest BCUT2D eigenvalue weighted by molar-refractivity contribution is -0.144. The lowest BCUT2D eigenvalue weighted by Crippen LogP contribution is -2.26. The van der Waals surface area contributed by atoms with Crippen LogP contribution in [0.2, 0.25) is 5.02 Å². The standard InChI is InChI=1S/C16H10ClF4N3O4/c1-7(14(26)27)28-11-5-10(9(18)4-8(11)17)24-13(25)6-12(16(19,20)21)23-3-2-22-15(23)24/h2-7H,1H3,(H,26,27). The van der Waals surface area contributed by atoms with Crippen LogP contribution in [0.15, 0.2) is 35.4 Å². The number of carbonyl (C=O) groups is 1. The summed E-state index contributed by atoms with van der Waals surface area (Å²) in [6.07, 6.45) is -4.23. The van der Waals surface area contributed by atoms with Gasteiger partial charge in [-0.25, -0.2) is 18.7 Å². The maximum Gasteiger partial charge on any atom is 0.432 e. The first-order chi connectivity index (χ1) is 13.0. The van der Waals surface area contributed by atoms with Crippen LogP contribution in [-0.2, 0) is 11.0 Å². The Labute approximate surface area is 158 Å². The fraction of sp³-hybridized carbons (Fsp3) is 0.188. The highest BCUT2D eigenvalue weighted by molar-refractivity contribution is 6.32. The molecule has 28 heavy (non-hydrogen) atoms. The SMILES string of the molecule is CC(Oc1cc(-n2c(=O)cc(C(F)(F)F)n3ccnc23)c(F)cc1Cl)C(=O)O. The summed E-state index contributed by atoms with van der Waals surface area (Å²) in [5, 5.41) is 8.64. The summed E-state index contributed by atoms with van der Waals surface area (Å²) in [5.74, 6) is -3.15. The summed E-state index contributed by atoms with van der Waals surface area (Å²) in [4.78, 5) is 27.0. The van der Waals surface area contributed by atoms with Gasteiger partial charge in [-0.05, 0) is 13.0 Å². The van der Waals surface area contributed by atoms with Crippen LogP contribution in [0.25, 0.3) is 11.5 Å². The molecule has 1 aromatic carbocycles. The van der Waals surface area contributed by atoms with Gasteiger partial charge in [0.2, 0.25) is 5.78 Å². The average Bonchev–Trinajstić information content (AvgIpc) is 3.05. The molecule has 0 spiro atoms. The molecule has 1 atom stereocenters. The number of carboxylic acid groups (broad SMARTS) is 1. The van der Waals surface area contributed by atoms with Gasteiger partial charge in [-0.2, -0.15) is 13.2 Å². The number of hydrogen-bond donors (Lipinski definition) is 1. The van der Waals surface area contributed by atoms with Crippen LogP contribution < -0.4 is 10.3 Å². The summed E-state index contributed by atoms with van der Waals surface area (Å²) in [6.45, 7) is 1.19. The van der Waals surface area contributed by atoms with Crippen molar-refractivity contribution in [1.29, 1.82) is 0 Å². The number of carboxylic acids is 1. The van der Waals surface area contributed by atoms with Gasteiger partial charge in [0.05, 0.1) is 10.7 Å². The second kappa shape index (κ2) is 6.82. The summed E-state index contributed by atoms with van der Waals surface area (Å²) in [7, 11) is 0. The highest BCUT2D eigenvalue weighted by atomic mass is 35.5. The molecule has 3 aromatic rings. The zero-order valence-electron chi connectivity index (χ0n) is 13.9. The second-order valence-corrected chi connectivity index (χ2v) is 6.04. The van der Waals surface area contributed by atoms with Crippen molar-refractivity contribution in [3.63, 3.8) is 0 Å². The molecule has 0 saturated heterocycles. The highest BCUT2D eigenvalue weighted by Gasteiger charge is 2.35. The molecule has 1 unspecified atom stereocenters. The molecule has 0 saturated carbocycles. The Balaban J connectivity index is 2.26. The number of aliphatic carboxylic acids is 1. The first kappa shape index (κ1) is 19.7. The van der Waals surface area contributed by atoms with E-state index in [2.05, 4.69) is 4.98 Å². The Morgan fingerprint density at radius 1 is 1.32 bits per heavy atom. The molecule has 2 aromatic heterocycles. The van der Waals surface area contributed by atoms with Crippen molar-refractivity contribution in [1.82, 2.24) is 14.0 Å². The maximum atomic E-state index is 14.5. The van der Waals surface area contributed by atoms with E-state index in [-0.39, 0.29) is 10.8 Å². The number of imidazole rings is 1. The fourth-order valence-electron chi connectivity index (χ4n) is 2.46. The number of fused-ring (bicyclic) bond motifs is 1. The molecule has 12 heteroatoms. The van der Waals surface area contributed by atoms with Crippen LogP contribution in [0, 0.1) is 5.82 Å². The highest BCUT2D eigenvalue weighted by Crippen LogP contribution is 2.32. The Bertz CT molecular complexity index is 1140. The second-order valence-electron chi connectivity index (χ2n) is 5.63. The van der Waals surface area contributed by atoms with E-state index in [0.29, 0.717) is 15.0 Å². The molecule has 3 rings (SSSR count). The lowest BCUT2D eigenvalue weighted by atomic mass is 10.2. The Morgan fingerprint density at radius 2 is 2.00 bits per heavy atom. The summed E-state index contributed by atoms with van der Waals surface area (Å²) in [5.41, 5.74) is -3.00. The first-order valence-corrected chi connectivity index (χ1v) is 7.93. The number of aromatic nitrogens is 3. The van der Waals surface area contributed by atoms with Gasteiger partial charge in [0.15, 0.2) is 6.10 Å². The third-order valence-electron chi connectivity index (χ3n) is 3.75. The van der Waals surface area contributed by atoms with E-state index in [0.717, 1.165) is 24.5 Å². The maximum absolute atomic E-state index is 14.5. The normalized spacial score (nSPS) is 12.9. The third-order valence-corrected chi connectivity index (χ3v) is 4.04. The molecule has 0 aliphatic carbocycles. The molecule has 7 nitrogen and oxygen atoms in total. The summed E-state index contributed by atoms with van der Waals surface area (Å²) >= 11 is 5.84. The van der Waals surface area contributed by atoms with Crippen LogP contribution in [0.1, 0.15) is 12.6 Å². The van der Waals surface area contributed by atoms with E-state index in [1.165, 1.54) is 6.92 Å². The molecular formula is C16H10ClF4N3O4. The van der Waals surface area contributed by atoms with Crippen LogP contribution >= 0.6 is 11.6 Å². The van der Waals surface area contributed by atoms with E-state index < -0.39 is 46.8 Å². The number of alkyl halides is 3. The van der Waals surface area contributed by atoms with Crippen molar-refractivity contribution in [3.8, 4) is 11.4 Å². The fourth-order valence-corrected chi connectivity index (χ4v) is 2.66. The Hall–Kier alpha value is -3.08. The molecule has 0 radical (unpaired) electrons. The number of benzene rings is 1. The minimum absolute atomic E-state index is 0.274. The summed E-state index contributed by atoms with van der Waals surface area (Å²) < 4.78 is 60.3. The van der Waals surface area contributed by atoms with Crippen LogP contribution in [0.4, 0.5) is 17.6 Å². The molecule has 0 amide bonds. The molecule has 1 N–H and O–H groups in total. The van der Waals surface area contributed by atoms with Gasteiger partial charge in [0, 0.05) is 24.5 Å². The van der Waals surface area contributed by atoms with Crippen LogP contribution in [-0.4, -0.2) is 31.1 Å². The van der Waals surface area contributed by atoms with E-state index >= 15 is 0 Å². The predicted octanol–water partition coefficient (Wildman–Crippen LogP) is 3.15. The van der Waals surface area contributed by atoms with Gasteiger partial charge < -0.3 is 9.84 Å². The van der Waals surface area contributed by atoms with E-state index in [1.807, 2.05) is 0 Å². The molecule has 0 bridgehead atoms. The van der Waals surface area contributed by atoms with Gasteiger partial charge in [0.1, 0.15) is 17.3 Å². The van der Waals surface area contributed by atoms with Gasteiger partial charge in [0.25, 0.3) is 5.56 Å². The van der Waals surface area contributed by atoms with Crippen molar-refractivity contribution in [2.75, 3.05) is 0 Å². The predicted molar refractivity (Wildman–Crippen MR) is 88.5 cm³/mol. The zero-order chi connectivity index (χ0) is 20.8. The van der Waals surface area contributed by atoms with Crippen LogP contribution in [0.3, 0.4) is 0 Å². The largest absolute Gasteiger partial charge is 0.479 e. The van der Waals surface area contributed by atoms with Crippen molar-refractivity contribution >= 4 is 23.3 Å². The Kier molecular flexibility index (Phi) is 4.79. The van der Waals surface area contributed by atoms with Crippen molar-refractivity contribution in [3.05, 3.63) is 57.5 Å². The molecule has 0 aliphatic rings. The van der Waals surface area contributed by atoms with Crippen molar-refractivity contribution in [2.45, 2.75) is 19.2 Å². The molecule has 148 valence electrons. The van der Waals surface area contributed by atoms with Gasteiger partial charge >= 0.3 is 12.1 Å². The number of rotatable bonds is 4. The zero-order valence-corrected chi connectivity index (χ0v) is 14.6. The monoisotopic (exact) mass is 419 g/mol. The lowest BCUT2D eigenvalue weighted by Gasteiger charge is -2.16. The van der Waals surface area contributed by atoms with E-state index in [9.17, 15) is 27.2 Å². The minimum atomic E-state index is -4.85. The molecule has 0 fully saturated rings. The van der Waals surface area contributed by atoms with Gasteiger partial charge in [-0.1, -0.05) is 11.6 Å². The third kappa shape index (κ3) is 3.40. The summed E-state index contributed by atoms with van der Waals surface area (Å²) in [6, 6.07) is 1.97. The average molecular weight is 420 g/mol. The molecule has 2 heterocycles. The number of halogens is 5. The van der Waals surface area contributed by atoms with Crippen molar-refractivity contribution in [2.24, 2.45) is 0 Å². The number of ether oxygens (including phenoxy) is 1. The molecular weight excluding hydrogens is 410 g/mol. The Morgan fingerprint density at radius 3 is 2.61 bits per heavy atom. The van der Waals surface area contributed by atoms with E-state index in [1.54, 1.807) is 0 Å². The number of nitrogens with zero attached hydrogens (tertiary/aromatic N) is 3.